The number of carbonyl (C=O) groups excluding carboxylic acids is 5. The number of thiophene rings is 1. The number of rotatable bonds is 6. The average Bonchev–Trinajstić information content (AvgIpc) is 3.31. The van der Waals surface area contributed by atoms with E-state index in [0.29, 0.717) is 11.1 Å². The van der Waals surface area contributed by atoms with Gasteiger partial charge < -0.3 is 15.1 Å². The molecule has 4 rings (SSSR count). The van der Waals surface area contributed by atoms with Crippen LogP contribution in [0.4, 0.5) is 5.69 Å². The topological polar surface area (TPSA) is 116 Å². The van der Waals surface area contributed by atoms with Crippen molar-refractivity contribution in [2.45, 2.75) is 38.9 Å². The number of hydrogen-bond donors (Lipinski definition) is 2. The second-order valence-corrected chi connectivity index (χ2v) is 9.32. The number of nitrogens with zero attached hydrogens (tertiary/aromatic N) is 2. The van der Waals surface area contributed by atoms with E-state index in [1.54, 1.807) is 23.6 Å². The Labute approximate surface area is 194 Å². The van der Waals surface area contributed by atoms with E-state index in [4.69, 9.17) is 0 Å². The molecule has 1 aromatic heterocycles. The molecule has 2 aliphatic heterocycles. The number of hydrogen-bond acceptors (Lipinski definition) is 7. The number of nitrogens with one attached hydrogen (secondary N) is 2. The van der Waals surface area contributed by atoms with E-state index in [0.717, 1.165) is 21.7 Å². The second-order valence-electron chi connectivity index (χ2n) is 8.36. The van der Waals surface area contributed by atoms with Crippen molar-refractivity contribution in [3.63, 3.8) is 0 Å². The SMILES string of the molecule is Cc1ccc(C(=O)C(=O)NCc2scc3c2CN([C@H]2CCC(=O)NC2=O)C3=O)cc1N(C)C. The number of piperidine rings is 1. The fourth-order valence-corrected chi connectivity index (χ4v) is 5.13. The zero-order chi connectivity index (χ0) is 23.9. The Morgan fingerprint density at radius 2 is 2.00 bits per heavy atom. The number of anilines is 1. The molecule has 33 heavy (non-hydrogen) atoms. The summed E-state index contributed by atoms with van der Waals surface area (Å²) >= 11 is 1.33. The summed E-state index contributed by atoms with van der Waals surface area (Å²) in [7, 11) is 3.74. The Morgan fingerprint density at radius 1 is 1.24 bits per heavy atom. The molecule has 2 aromatic rings. The van der Waals surface area contributed by atoms with Gasteiger partial charge in [-0.05, 0) is 30.5 Å². The molecule has 3 heterocycles. The molecule has 0 bridgehead atoms. The minimum Gasteiger partial charge on any atom is -0.377 e. The fourth-order valence-electron chi connectivity index (χ4n) is 4.16. The molecule has 0 saturated carbocycles. The number of ketones is 1. The van der Waals surface area contributed by atoms with E-state index in [2.05, 4.69) is 10.6 Å². The monoisotopic (exact) mass is 468 g/mol. The summed E-state index contributed by atoms with van der Waals surface area (Å²) < 4.78 is 0. The number of benzene rings is 1. The van der Waals surface area contributed by atoms with Crippen molar-refractivity contribution in [1.82, 2.24) is 15.5 Å². The van der Waals surface area contributed by atoms with Gasteiger partial charge >= 0.3 is 0 Å². The van der Waals surface area contributed by atoms with Crippen LogP contribution in [0.25, 0.3) is 0 Å². The average molecular weight is 469 g/mol. The van der Waals surface area contributed by atoms with Crippen LogP contribution in [0.15, 0.2) is 23.6 Å². The molecule has 0 aliphatic carbocycles. The molecule has 9 nitrogen and oxygen atoms in total. The lowest BCUT2D eigenvalue weighted by molar-refractivity contribution is -0.136. The molecular formula is C23H24N4O5S. The summed E-state index contributed by atoms with van der Waals surface area (Å²) in [6.45, 7) is 2.26. The van der Waals surface area contributed by atoms with Crippen molar-refractivity contribution in [2.75, 3.05) is 19.0 Å². The number of carbonyl (C=O) groups is 5. The zero-order valence-electron chi connectivity index (χ0n) is 18.6. The van der Waals surface area contributed by atoms with Gasteiger partial charge in [0.1, 0.15) is 6.04 Å². The largest absolute Gasteiger partial charge is 0.377 e. The Bertz CT molecular complexity index is 1190. The molecule has 172 valence electrons. The number of amides is 4. The highest BCUT2D eigenvalue weighted by Crippen LogP contribution is 2.33. The summed E-state index contributed by atoms with van der Waals surface area (Å²) in [4.78, 5) is 65.7. The summed E-state index contributed by atoms with van der Waals surface area (Å²) in [6, 6.07) is 4.43. The van der Waals surface area contributed by atoms with Gasteiger partial charge in [-0.1, -0.05) is 12.1 Å². The predicted molar refractivity (Wildman–Crippen MR) is 122 cm³/mol. The number of imide groups is 1. The minimum absolute atomic E-state index is 0.105. The minimum atomic E-state index is -0.725. The number of fused-ring (bicyclic) bond motifs is 1. The standard InChI is InChI=1S/C23H24N4O5S/c1-12-4-5-13(8-17(12)26(2)3)20(29)22(31)24-9-18-14-10-27(23(32)15(14)11-33-18)16-6-7-19(28)25-21(16)30/h4-5,8,11,16H,6-7,9-10H2,1-3H3,(H,24,31)(H,25,28,30)/t16-/m0/s1. The molecule has 1 fully saturated rings. The van der Waals surface area contributed by atoms with E-state index in [-0.39, 0.29) is 37.7 Å². The quantitative estimate of drug-likeness (QED) is 0.376. The molecule has 10 heteroatoms. The van der Waals surface area contributed by atoms with Crippen LogP contribution >= 0.6 is 11.3 Å². The third kappa shape index (κ3) is 4.25. The van der Waals surface area contributed by atoms with Crippen LogP contribution in [0, 0.1) is 6.92 Å². The Hall–Kier alpha value is -3.53. The number of aryl methyl sites for hydroxylation is 1. The normalized spacial score (nSPS) is 17.6. The van der Waals surface area contributed by atoms with Crippen molar-refractivity contribution >= 4 is 46.4 Å². The third-order valence-corrected chi connectivity index (χ3v) is 6.98. The van der Waals surface area contributed by atoms with Crippen molar-refractivity contribution in [3.05, 3.63) is 50.7 Å². The van der Waals surface area contributed by atoms with E-state index in [1.165, 1.54) is 16.2 Å². The smallest absolute Gasteiger partial charge is 0.292 e. The maximum atomic E-state index is 12.8. The van der Waals surface area contributed by atoms with Crippen molar-refractivity contribution in [2.24, 2.45) is 0 Å². The first-order valence-corrected chi connectivity index (χ1v) is 11.4. The second kappa shape index (κ2) is 8.78. The van der Waals surface area contributed by atoms with Crippen LogP contribution in [0.5, 0.6) is 0 Å². The van der Waals surface area contributed by atoms with Gasteiger partial charge in [-0.2, -0.15) is 0 Å². The van der Waals surface area contributed by atoms with Gasteiger partial charge in [0.15, 0.2) is 0 Å². The van der Waals surface area contributed by atoms with Crippen molar-refractivity contribution in [1.29, 1.82) is 0 Å². The van der Waals surface area contributed by atoms with E-state index >= 15 is 0 Å². The van der Waals surface area contributed by atoms with Gasteiger partial charge in [-0.25, -0.2) is 0 Å². The maximum absolute atomic E-state index is 12.8. The highest BCUT2D eigenvalue weighted by Gasteiger charge is 2.40. The lowest BCUT2D eigenvalue weighted by atomic mass is 10.0. The molecule has 2 aliphatic rings. The Morgan fingerprint density at radius 3 is 2.70 bits per heavy atom. The molecule has 1 aromatic carbocycles. The molecular weight excluding hydrogens is 444 g/mol. The van der Waals surface area contributed by atoms with Gasteiger partial charge in [0, 0.05) is 48.6 Å². The molecule has 0 spiro atoms. The van der Waals surface area contributed by atoms with Gasteiger partial charge in [0.25, 0.3) is 11.8 Å². The molecule has 0 unspecified atom stereocenters. The van der Waals surface area contributed by atoms with E-state index in [9.17, 15) is 24.0 Å². The fraction of sp³-hybridized carbons (Fsp3) is 0.348. The third-order valence-electron chi connectivity index (χ3n) is 5.96. The maximum Gasteiger partial charge on any atom is 0.292 e. The van der Waals surface area contributed by atoms with Crippen LogP contribution in [0.1, 0.15) is 49.6 Å². The lowest BCUT2D eigenvalue weighted by Gasteiger charge is -2.29. The first-order valence-electron chi connectivity index (χ1n) is 10.5. The first kappa shape index (κ1) is 22.7. The molecule has 4 amide bonds. The van der Waals surface area contributed by atoms with E-state index in [1.807, 2.05) is 25.9 Å². The van der Waals surface area contributed by atoms with Crippen LogP contribution in [0.2, 0.25) is 0 Å². The molecule has 0 radical (unpaired) electrons. The van der Waals surface area contributed by atoms with Crippen LogP contribution in [-0.2, 0) is 27.5 Å². The van der Waals surface area contributed by atoms with Crippen LogP contribution in [0.3, 0.4) is 0 Å². The Balaban J connectivity index is 1.43. The van der Waals surface area contributed by atoms with Crippen LogP contribution < -0.4 is 15.5 Å². The van der Waals surface area contributed by atoms with E-state index < -0.39 is 23.6 Å². The molecule has 1 saturated heterocycles. The predicted octanol–water partition coefficient (Wildman–Crippen LogP) is 1.38. The summed E-state index contributed by atoms with van der Waals surface area (Å²) in [6.07, 6.45) is 0.475. The van der Waals surface area contributed by atoms with Gasteiger partial charge in [0.05, 0.1) is 12.1 Å². The van der Waals surface area contributed by atoms with Gasteiger partial charge in [-0.15, -0.1) is 11.3 Å². The highest BCUT2D eigenvalue weighted by atomic mass is 32.1. The molecule has 2 N–H and O–H groups in total. The highest BCUT2D eigenvalue weighted by molar-refractivity contribution is 7.10. The van der Waals surface area contributed by atoms with Crippen molar-refractivity contribution < 1.29 is 24.0 Å². The number of Topliss-reactive ketones (excluding diaryl/α,β-unsaturated/α-hetero) is 1. The summed E-state index contributed by atoms with van der Waals surface area (Å²) in [5.74, 6) is -2.43. The van der Waals surface area contributed by atoms with Crippen LogP contribution in [-0.4, -0.2) is 54.4 Å². The zero-order valence-corrected chi connectivity index (χ0v) is 19.4. The van der Waals surface area contributed by atoms with Crippen molar-refractivity contribution in [3.8, 4) is 0 Å². The first-order chi connectivity index (χ1) is 15.7. The lowest BCUT2D eigenvalue weighted by Crippen LogP contribution is -2.52. The summed E-state index contributed by atoms with van der Waals surface area (Å²) in [5.41, 5.74) is 3.40. The van der Waals surface area contributed by atoms with Gasteiger partial charge in [-0.3, -0.25) is 29.3 Å². The molecule has 1 atom stereocenters. The van der Waals surface area contributed by atoms with Gasteiger partial charge in [0.2, 0.25) is 17.6 Å². The Kier molecular flexibility index (Phi) is 6.03. The summed E-state index contributed by atoms with van der Waals surface area (Å²) in [5, 5.41) is 6.64.